The Morgan fingerprint density at radius 2 is 1.57 bits per heavy atom. The summed E-state index contributed by atoms with van der Waals surface area (Å²) in [5, 5.41) is 0.0641. The average molecular weight is 418 g/mol. The van der Waals surface area contributed by atoms with Crippen LogP contribution in [0.25, 0.3) is 11.1 Å². The molecular weight excluding hydrogens is 394 g/mol. The van der Waals surface area contributed by atoms with E-state index in [0.29, 0.717) is 23.7 Å². The first-order chi connectivity index (χ1) is 13.4. The minimum absolute atomic E-state index is 0.104. The molecule has 4 nitrogen and oxygen atoms in total. The van der Waals surface area contributed by atoms with Gasteiger partial charge in [-0.15, -0.1) is 0 Å². The topological polar surface area (TPSA) is 54.5 Å². The molecule has 4 rings (SSSR count). The van der Waals surface area contributed by atoms with E-state index in [9.17, 15) is 13.2 Å². The summed E-state index contributed by atoms with van der Waals surface area (Å²) in [4.78, 5) is 14.3. The molecule has 1 aliphatic heterocycles. The third-order valence-electron chi connectivity index (χ3n) is 5.91. The van der Waals surface area contributed by atoms with Gasteiger partial charge < -0.3 is 4.90 Å². The summed E-state index contributed by atoms with van der Waals surface area (Å²) in [5.41, 5.74) is 2.56. The maximum Gasteiger partial charge on any atom is 0.253 e. The second-order valence-electron chi connectivity index (χ2n) is 7.77. The Morgan fingerprint density at radius 1 is 0.893 bits per heavy atom. The Morgan fingerprint density at radius 3 is 2.21 bits per heavy atom. The van der Waals surface area contributed by atoms with Crippen molar-refractivity contribution in [2.45, 2.75) is 42.6 Å². The van der Waals surface area contributed by atoms with E-state index in [1.165, 1.54) is 0 Å². The Bertz CT molecular complexity index is 960. The molecule has 1 heterocycles. The van der Waals surface area contributed by atoms with Crippen LogP contribution in [0.2, 0.25) is 5.02 Å². The van der Waals surface area contributed by atoms with Crippen LogP contribution in [0, 0.1) is 0 Å². The molecule has 0 N–H and O–H groups in total. The Labute approximate surface area is 171 Å². The first-order valence-corrected chi connectivity index (χ1v) is 11.8. The van der Waals surface area contributed by atoms with Crippen LogP contribution in [0.5, 0.6) is 0 Å². The van der Waals surface area contributed by atoms with Gasteiger partial charge in [-0.25, -0.2) is 8.42 Å². The normalized spacial score (nSPS) is 18.7. The van der Waals surface area contributed by atoms with Crippen molar-refractivity contribution < 1.29 is 13.2 Å². The Balaban J connectivity index is 1.39. The first-order valence-electron chi connectivity index (χ1n) is 9.83. The van der Waals surface area contributed by atoms with Crippen LogP contribution in [0.3, 0.4) is 0 Å². The van der Waals surface area contributed by atoms with Crippen LogP contribution >= 0.6 is 11.6 Å². The SMILES string of the molecule is O=C(c1ccc(-c2cccc(Cl)c2)cc1)N1CC(S(=O)(=O)C2CCCCC2)C1. The van der Waals surface area contributed by atoms with Crippen LogP contribution < -0.4 is 0 Å². The van der Waals surface area contributed by atoms with Crippen molar-refractivity contribution in [3.63, 3.8) is 0 Å². The van der Waals surface area contributed by atoms with E-state index in [1.54, 1.807) is 17.0 Å². The van der Waals surface area contributed by atoms with Gasteiger partial charge in [-0.05, 0) is 48.2 Å². The number of hydrogen-bond acceptors (Lipinski definition) is 3. The third kappa shape index (κ3) is 3.83. The zero-order chi connectivity index (χ0) is 19.7. The van der Waals surface area contributed by atoms with Gasteiger partial charge in [-0.2, -0.15) is 0 Å². The van der Waals surface area contributed by atoms with Crippen molar-refractivity contribution in [1.82, 2.24) is 4.90 Å². The standard InChI is InChI=1S/C22H24ClNO3S/c23-19-6-4-5-18(13-19)16-9-11-17(12-10-16)22(25)24-14-21(15-24)28(26,27)20-7-2-1-3-8-20/h4-6,9-13,20-21H,1-3,7-8,14-15H2. The Hall–Kier alpha value is -1.85. The van der Waals surface area contributed by atoms with Crippen LogP contribution in [0.4, 0.5) is 0 Å². The van der Waals surface area contributed by atoms with Crippen molar-refractivity contribution >= 4 is 27.3 Å². The second kappa shape index (κ2) is 7.88. The second-order valence-corrected chi connectivity index (χ2v) is 10.7. The highest BCUT2D eigenvalue weighted by atomic mass is 35.5. The molecule has 0 unspecified atom stereocenters. The number of halogens is 1. The summed E-state index contributed by atoms with van der Waals surface area (Å²) in [6.45, 7) is 0.626. The quantitative estimate of drug-likeness (QED) is 0.731. The molecule has 0 spiro atoms. The zero-order valence-corrected chi connectivity index (χ0v) is 17.3. The molecule has 2 aromatic carbocycles. The fraction of sp³-hybridized carbons (Fsp3) is 0.409. The monoisotopic (exact) mass is 417 g/mol. The number of benzene rings is 2. The molecule has 28 heavy (non-hydrogen) atoms. The molecule has 1 saturated carbocycles. The van der Waals surface area contributed by atoms with Crippen LogP contribution in [0.1, 0.15) is 42.5 Å². The fourth-order valence-electron chi connectivity index (χ4n) is 4.13. The van der Waals surface area contributed by atoms with Crippen LogP contribution in [0.15, 0.2) is 48.5 Å². The average Bonchev–Trinajstić information content (AvgIpc) is 2.67. The van der Waals surface area contributed by atoms with E-state index in [0.717, 1.165) is 43.2 Å². The first kappa shape index (κ1) is 19.5. The van der Waals surface area contributed by atoms with E-state index in [1.807, 2.05) is 36.4 Å². The van der Waals surface area contributed by atoms with Gasteiger partial charge in [0.05, 0.1) is 10.5 Å². The molecule has 2 aromatic rings. The van der Waals surface area contributed by atoms with Crippen LogP contribution in [-0.4, -0.2) is 42.8 Å². The molecule has 1 amide bonds. The van der Waals surface area contributed by atoms with Gasteiger partial charge in [0.15, 0.2) is 9.84 Å². The minimum Gasteiger partial charge on any atom is -0.336 e. The zero-order valence-electron chi connectivity index (χ0n) is 15.7. The predicted molar refractivity (Wildman–Crippen MR) is 112 cm³/mol. The van der Waals surface area contributed by atoms with Gasteiger partial charge in [-0.3, -0.25) is 4.79 Å². The predicted octanol–water partition coefficient (Wildman–Crippen LogP) is 4.58. The van der Waals surface area contributed by atoms with E-state index in [2.05, 4.69) is 0 Å². The van der Waals surface area contributed by atoms with Crippen LogP contribution in [-0.2, 0) is 9.84 Å². The molecule has 2 fully saturated rings. The summed E-state index contributed by atoms with van der Waals surface area (Å²) in [7, 11) is -3.13. The highest BCUT2D eigenvalue weighted by Gasteiger charge is 2.43. The lowest BCUT2D eigenvalue weighted by Gasteiger charge is -2.40. The number of carbonyl (C=O) groups excluding carboxylic acids is 1. The van der Waals surface area contributed by atoms with Crippen molar-refractivity contribution in [2.24, 2.45) is 0 Å². The molecule has 2 aliphatic rings. The molecule has 1 aliphatic carbocycles. The molecule has 0 atom stereocenters. The smallest absolute Gasteiger partial charge is 0.253 e. The summed E-state index contributed by atoms with van der Waals surface area (Å²) in [5.74, 6) is -0.104. The third-order valence-corrected chi connectivity index (χ3v) is 8.77. The largest absolute Gasteiger partial charge is 0.336 e. The molecule has 6 heteroatoms. The van der Waals surface area contributed by atoms with Crippen molar-refractivity contribution in [2.75, 3.05) is 13.1 Å². The molecule has 0 radical (unpaired) electrons. The van der Waals surface area contributed by atoms with Gasteiger partial charge in [0.1, 0.15) is 0 Å². The van der Waals surface area contributed by atoms with Gasteiger partial charge in [0.2, 0.25) is 0 Å². The van der Waals surface area contributed by atoms with Gasteiger partial charge in [0, 0.05) is 23.7 Å². The number of amides is 1. The molecular formula is C22H24ClNO3S. The molecule has 0 aromatic heterocycles. The minimum atomic E-state index is -3.13. The summed E-state index contributed by atoms with van der Waals surface area (Å²) < 4.78 is 25.5. The summed E-state index contributed by atoms with van der Waals surface area (Å²) >= 11 is 6.04. The number of likely N-dealkylation sites (tertiary alicyclic amines) is 1. The van der Waals surface area contributed by atoms with Gasteiger partial charge >= 0.3 is 0 Å². The lowest BCUT2D eigenvalue weighted by atomic mass is 10.0. The highest BCUT2D eigenvalue weighted by molar-refractivity contribution is 7.92. The lowest BCUT2D eigenvalue weighted by molar-refractivity contribution is 0.0658. The van der Waals surface area contributed by atoms with Crippen molar-refractivity contribution in [1.29, 1.82) is 0 Å². The maximum absolute atomic E-state index is 12.8. The number of carbonyl (C=O) groups is 1. The van der Waals surface area contributed by atoms with Crippen molar-refractivity contribution in [3.8, 4) is 11.1 Å². The number of rotatable bonds is 4. The fourth-order valence-corrected chi connectivity index (χ4v) is 6.63. The lowest BCUT2D eigenvalue weighted by Crippen LogP contribution is -2.58. The van der Waals surface area contributed by atoms with Crippen molar-refractivity contribution in [3.05, 3.63) is 59.1 Å². The number of nitrogens with zero attached hydrogens (tertiary/aromatic N) is 1. The van der Waals surface area contributed by atoms with E-state index < -0.39 is 15.1 Å². The van der Waals surface area contributed by atoms with Gasteiger partial charge in [0.25, 0.3) is 5.91 Å². The molecule has 148 valence electrons. The summed E-state index contributed by atoms with van der Waals surface area (Å²) in [6.07, 6.45) is 4.68. The summed E-state index contributed by atoms with van der Waals surface area (Å²) in [6, 6.07) is 15.0. The van der Waals surface area contributed by atoms with E-state index >= 15 is 0 Å². The van der Waals surface area contributed by atoms with E-state index in [-0.39, 0.29) is 11.2 Å². The number of sulfone groups is 1. The molecule has 1 saturated heterocycles. The van der Waals surface area contributed by atoms with E-state index in [4.69, 9.17) is 11.6 Å². The molecule has 0 bridgehead atoms. The highest BCUT2D eigenvalue weighted by Crippen LogP contribution is 2.30. The maximum atomic E-state index is 12.8. The Kier molecular flexibility index (Phi) is 5.48. The van der Waals surface area contributed by atoms with Gasteiger partial charge in [-0.1, -0.05) is 55.1 Å². The number of hydrogen-bond donors (Lipinski definition) is 0.